The number of fused-ring (bicyclic) bond motifs is 4. The van der Waals surface area contributed by atoms with Crippen molar-refractivity contribution in [1.29, 1.82) is 0 Å². The second-order valence-electron chi connectivity index (χ2n) is 7.60. The Balaban J connectivity index is 1.88. The summed E-state index contributed by atoms with van der Waals surface area (Å²) in [5.41, 5.74) is 0.174. The highest BCUT2D eigenvalue weighted by Gasteiger charge is 2.62. The van der Waals surface area contributed by atoms with Crippen molar-refractivity contribution in [2.75, 3.05) is 11.4 Å². The molecule has 8 nitrogen and oxygen atoms in total. The molecule has 4 rings (SSSR count). The molecule has 1 aromatic carbocycles. The molecule has 1 spiro atoms. The number of non-ortho nitro benzene ring substituents is 1. The molecule has 0 radical (unpaired) electrons. The zero-order valence-corrected chi connectivity index (χ0v) is 15.9. The van der Waals surface area contributed by atoms with Gasteiger partial charge in [-0.3, -0.25) is 24.6 Å². The Hall–Kier alpha value is -2.55. The van der Waals surface area contributed by atoms with E-state index in [0.717, 1.165) is 12.1 Å². The van der Waals surface area contributed by atoms with Crippen LogP contribution in [0.25, 0.3) is 0 Å². The SMILES string of the molecule is CC(C)N1C(=O)[C@@]2(Cc3cc([N+](=O)[O-])ccc3N3CCC[C@H]32)C(=O)NC1=S. The van der Waals surface area contributed by atoms with Crippen LogP contribution >= 0.6 is 12.2 Å². The number of nitro groups is 1. The van der Waals surface area contributed by atoms with Crippen molar-refractivity contribution >= 4 is 40.5 Å². The van der Waals surface area contributed by atoms with Crippen LogP contribution in [0.3, 0.4) is 0 Å². The van der Waals surface area contributed by atoms with E-state index in [0.29, 0.717) is 18.5 Å². The molecule has 2 saturated heterocycles. The number of benzene rings is 1. The van der Waals surface area contributed by atoms with Gasteiger partial charge in [0.1, 0.15) is 0 Å². The van der Waals surface area contributed by atoms with E-state index in [4.69, 9.17) is 12.2 Å². The minimum atomic E-state index is -1.31. The summed E-state index contributed by atoms with van der Waals surface area (Å²) < 4.78 is 0. The van der Waals surface area contributed by atoms with Crippen molar-refractivity contribution in [2.45, 2.75) is 45.2 Å². The summed E-state index contributed by atoms with van der Waals surface area (Å²) in [4.78, 5) is 41.0. The van der Waals surface area contributed by atoms with Crippen molar-refractivity contribution in [3.8, 4) is 0 Å². The van der Waals surface area contributed by atoms with E-state index < -0.39 is 16.2 Å². The molecule has 0 saturated carbocycles. The lowest BCUT2D eigenvalue weighted by molar-refractivity contribution is -0.384. The largest absolute Gasteiger partial charge is 0.367 e. The second-order valence-corrected chi connectivity index (χ2v) is 7.98. The van der Waals surface area contributed by atoms with Gasteiger partial charge in [0.25, 0.3) is 5.69 Å². The second kappa shape index (κ2) is 5.98. The molecule has 1 aromatic rings. The first-order chi connectivity index (χ1) is 12.8. The Morgan fingerprint density at radius 3 is 2.78 bits per heavy atom. The molecule has 2 amide bonds. The van der Waals surface area contributed by atoms with E-state index >= 15 is 0 Å². The number of anilines is 1. The average Bonchev–Trinajstić information content (AvgIpc) is 3.09. The maximum Gasteiger partial charge on any atom is 0.269 e. The highest BCUT2D eigenvalue weighted by Crippen LogP contribution is 2.49. The normalized spacial score (nSPS) is 27.1. The highest BCUT2D eigenvalue weighted by molar-refractivity contribution is 7.80. The molecule has 3 aliphatic rings. The molecule has 3 aliphatic heterocycles. The van der Waals surface area contributed by atoms with Gasteiger partial charge in [0, 0.05) is 36.8 Å². The van der Waals surface area contributed by atoms with Crippen molar-refractivity contribution in [1.82, 2.24) is 10.2 Å². The van der Waals surface area contributed by atoms with Gasteiger partial charge in [-0.05, 0) is 50.5 Å². The van der Waals surface area contributed by atoms with Crippen molar-refractivity contribution in [3.05, 3.63) is 33.9 Å². The number of hydrogen-bond donors (Lipinski definition) is 1. The quantitative estimate of drug-likeness (QED) is 0.359. The smallest absolute Gasteiger partial charge is 0.269 e. The minimum Gasteiger partial charge on any atom is -0.367 e. The lowest BCUT2D eigenvalue weighted by Gasteiger charge is -2.50. The van der Waals surface area contributed by atoms with Crippen molar-refractivity contribution in [2.24, 2.45) is 5.41 Å². The molecule has 2 fully saturated rings. The molecule has 0 aromatic heterocycles. The average molecular weight is 388 g/mol. The Bertz CT molecular complexity index is 886. The maximum atomic E-state index is 13.6. The van der Waals surface area contributed by atoms with Crippen LogP contribution in [0.2, 0.25) is 0 Å². The summed E-state index contributed by atoms with van der Waals surface area (Å²) in [7, 11) is 0. The first kappa shape index (κ1) is 17.8. The molecule has 1 N–H and O–H groups in total. The molecule has 9 heteroatoms. The molecule has 0 bridgehead atoms. The summed E-state index contributed by atoms with van der Waals surface area (Å²) in [5, 5.41) is 14.1. The topological polar surface area (TPSA) is 95.8 Å². The number of rotatable bonds is 2. The van der Waals surface area contributed by atoms with Crippen molar-refractivity contribution in [3.63, 3.8) is 0 Å². The van der Waals surface area contributed by atoms with Crippen LogP contribution in [0.5, 0.6) is 0 Å². The van der Waals surface area contributed by atoms with Crippen LogP contribution in [0, 0.1) is 15.5 Å². The van der Waals surface area contributed by atoms with Crippen molar-refractivity contribution < 1.29 is 14.5 Å². The van der Waals surface area contributed by atoms with E-state index in [1.165, 1.54) is 17.0 Å². The highest BCUT2D eigenvalue weighted by atomic mass is 32.1. The Morgan fingerprint density at radius 2 is 2.11 bits per heavy atom. The van der Waals surface area contributed by atoms with Gasteiger partial charge in [-0.15, -0.1) is 0 Å². The van der Waals surface area contributed by atoms with Crippen LogP contribution in [0.15, 0.2) is 18.2 Å². The third-order valence-corrected chi connectivity index (χ3v) is 6.13. The number of thiocarbonyl (C=S) groups is 1. The first-order valence-electron chi connectivity index (χ1n) is 9.00. The lowest BCUT2D eigenvalue weighted by atomic mass is 9.68. The van der Waals surface area contributed by atoms with E-state index in [1.54, 1.807) is 6.07 Å². The van der Waals surface area contributed by atoms with Crippen LogP contribution in [-0.2, 0) is 16.0 Å². The molecule has 0 unspecified atom stereocenters. The van der Waals surface area contributed by atoms with Gasteiger partial charge in [0.15, 0.2) is 10.5 Å². The summed E-state index contributed by atoms with van der Waals surface area (Å²) >= 11 is 5.23. The van der Waals surface area contributed by atoms with Gasteiger partial charge in [-0.25, -0.2) is 0 Å². The van der Waals surface area contributed by atoms with Gasteiger partial charge in [0.2, 0.25) is 11.8 Å². The minimum absolute atomic E-state index is 0.0403. The van der Waals surface area contributed by atoms with E-state index in [2.05, 4.69) is 10.2 Å². The zero-order chi connectivity index (χ0) is 19.5. The van der Waals surface area contributed by atoms with E-state index in [1.807, 2.05) is 13.8 Å². The van der Waals surface area contributed by atoms with Gasteiger partial charge in [-0.2, -0.15) is 0 Å². The number of nitro benzene ring substituents is 1. The van der Waals surface area contributed by atoms with Gasteiger partial charge in [-0.1, -0.05) is 0 Å². The van der Waals surface area contributed by atoms with E-state index in [9.17, 15) is 19.7 Å². The lowest BCUT2D eigenvalue weighted by Crippen LogP contribution is -2.72. The predicted octanol–water partition coefficient (Wildman–Crippen LogP) is 1.76. The zero-order valence-electron chi connectivity index (χ0n) is 15.1. The van der Waals surface area contributed by atoms with Gasteiger partial charge < -0.3 is 10.2 Å². The van der Waals surface area contributed by atoms with Crippen LogP contribution < -0.4 is 10.2 Å². The molecule has 0 aliphatic carbocycles. The van der Waals surface area contributed by atoms with Crippen LogP contribution in [0.1, 0.15) is 32.3 Å². The fraction of sp³-hybridized carbons (Fsp3) is 0.500. The Labute approximate surface area is 161 Å². The summed E-state index contributed by atoms with van der Waals surface area (Å²) in [6, 6.07) is 4.23. The molecule has 2 atom stereocenters. The standard InChI is InChI=1S/C18H20N4O4S/c1-10(2)21-16(24)18(15(23)19-17(21)27)9-11-8-12(22(25)26)5-6-13(11)20-7-3-4-14(18)20/h5-6,8,10,14H,3-4,7,9H2,1-2H3,(H,19,23,27)/t14-,18+/m0/s1. The first-order valence-corrected chi connectivity index (χ1v) is 9.41. The summed E-state index contributed by atoms with van der Waals surface area (Å²) in [6.45, 7) is 4.41. The Morgan fingerprint density at radius 1 is 1.37 bits per heavy atom. The number of carbonyl (C=O) groups is 2. The third-order valence-electron chi connectivity index (χ3n) is 5.84. The van der Waals surface area contributed by atoms with Crippen LogP contribution in [0.4, 0.5) is 11.4 Å². The number of nitrogens with zero attached hydrogens (tertiary/aromatic N) is 3. The van der Waals surface area contributed by atoms with Crippen LogP contribution in [-0.4, -0.2) is 45.4 Å². The number of amides is 2. The monoisotopic (exact) mass is 388 g/mol. The summed E-state index contributed by atoms with van der Waals surface area (Å²) in [5.74, 6) is -0.705. The fourth-order valence-electron chi connectivity index (χ4n) is 4.68. The summed E-state index contributed by atoms with van der Waals surface area (Å²) in [6.07, 6.45) is 1.71. The number of hydrogen-bond acceptors (Lipinski definition) is 6. The van der Waals surface area contributed by atoms with Gasteiger partial charge >= 0.3 is 0 Å². The molecule has 142 valence electrons. The number of carbonyl (C=O) groups excluding carboxylic acids is 2. The Kier molecular flexibility index (Phi) is 3.95. The molecule has 27 heavy (non-hydrogen) atoms. The molecular weight excluding hydrogens is 368 g/mol. The maximum absolute atomic E-state index is 13.6. The predicted molar refractivity (Wildman–Crippen MR) is 102 cm³/mol. The number of nitrogens with one attached hydrogen (secondary N) is 1. The van der Waals surface area contributed by atoms with E-state index in [-0.39, 0.29) is 35.2 Å². The molecule has 3 heterocycles. The molecular formula is C18H20N4O4S. The third kappa shape index (κ3) is 2.37. The fourth-order valence-corrected chi connectivity index (χ4v) is 5.07. The van der Waals surface area contributed by atoms with Gasteiger partial charge in [0.05, 0.1) is 11.0 Å².